The average Bonchev–Trinajstić information content (AvgIpc) is 2.38. The van der Waals surface area contributed by atoms with Gasteiger partial charge in [-0.1, -0.05) is 12.1 Å². The lowest BCUT2D eigenvalue weighted by atomic mass is 10.1. The Kier molecular flexibility index (Phi) is 6.05. The molecule has 1 atom stereocenters. The van der Waals surface area contributed by atoms with Crippen LogP contribution in [-0.2, 0) is 15.3 Å². The molecule has 0 fully saturated rings. The summed E-state index contributed by atoms with van der Waals surface area (Å²) >= 11 is 1.65. The van der Waals surface area contributed by atoms with Gasteiger partial charge in [0.15, 0.2) is 0 Å². The number of aliphatic carboxylic acids is 2. The summed E-state index contributed by atoms with van der Waals surface area (Å²) in [6.07, 6.45) is 1.30. The Morgan fingerprint density at radius 3 is 2.25 bits per heavy atom. The van der Waals surface area contributed by atoms with Crippen LogP contribution in [0.5, 0.6) is 0 Å². The standard InChI is InChI=1S/C13H15NO5S/c1-20-7-8-2-4-9(5-3-8)12(17)14-10(13(18)19)6-11(15)16/h2-5,10H,6-7H2,1H3,(H,14,17)(H,15,16)(H,18,19)/t10-/m0/s1. The van der Waals surface area contributed by atoms with Crippen molar-refractivity contribution in [3.8, 4) is 0 Å². The molecule has 3 N–H and O–H groups in total. The van der Waals surface area contributed by atoms with Crippen LogP contribution in [0.2, 0.25) is 0 Å². The van der Waals surface area contributed by atoms with Crippen molar-refractivity contribution in [1.29, 1.82) is 0 Å². The second-order valence-electron chi connectivity index (χ2n) is 4.09. The first-order valence-corrected chi connectivity index (χ1v) is 7.16. The van der Waals surface area contributed by atoms with Gasteiger partial charge < -0.3 is 15.5 Å². The quantitative estimate of drug-likeness (QED) is 0.699. The lowest BCUT2D eigenvalue weighted by Gasteiger charge is -2.12. The Morgan fingerprint density at radius 2 is 1.80 bits per heavy atom. The topological polar surface area (TPSA) is 104 Å². The molecule has 108 valence electrons. The number of benzene rings is 1. The second kappa shape index (κ2) is 7.54. The van der Waals surface area contributed by atoms with E-state index < -0.39 is 30.3 Å². The summed E-state index contributed by atoms with van der Waals surface area (Å²) < 4.78 is 0. The highest BCUT2D eigenvalue weighted by Crippen LogP contribution is 2.10. The van der Waals surface area contributed by atoms with Crippen molar-refractivity contribution in [2.45, 2.75) is 18.2 Å². The second-order valence-corrected chi connectivity index (χ2v) is 4.96. The third kappa shape index (κ3) is 4.93. The van der Waals surface area contributed by atoms with Gasteiger partial charge >= 0.3 is 11.9 Å². The van der Waals surface area contributed by atoms with E-state index in [1.54, 1.807) is 36.0 Å². The van der Waals surface area contributed by atoms with E-state index in [2.05, 4.69) is 5.32 Å². The van der Waals surface area contributed by atoms with E-state index in [9.17, 15) is 14.4 Å². The third-order valence-electron chi connectivity index (χ3n) is 2.51. The molecule has 7 heteroatoms. The van der Waals surface area contributed by atoms with Gasteiger partial charge in [-0.15, -0.1) is 0 Å². The van der Waals surface area contributed by atoms with Crippen LogP contribution in [-0.4, -0.2) is 40.4 Å². The van der Waals surface area contributed by atoms with Crippen molar-refractivity contribution in [1.82, 2.24) is 5.32 Å². The molecule has 0 aromatic heterocycles. The fraction of sp³-hybridized carbons (Fsp3) is 0.308. The maximum atomic E-state index is 11.8. The monoisotopic (exact) mass is 297 g/mol. The molecular weight excluding hydrogens is 282 g/mol. The lowest BCUT2D eigenvalue weighted by molar-refractivity contribution is -0.145. The van der Waals surface area contributed by atoms with Crippen LogP contribution in [0.3, 0.4) is 0 Å². The van der Waals surface area contributed by atoms with Gasteiger partial charge in [0.1, 0.15) is 6.04 Å². The van der Waals surface area contributed by atoms with Gasteiger partial charge in [0.25, 0.3) is 5.91 Å². The highest BCUT2D eigenvalue weighted by Gasteiger charge is 2.23. The molecule has 6 nitrogen and oxygen atoms in total. The molecule has 0 heterocycles. The Labute approximate surface area is 120 Å². The minimum atomic E-state index is -1.44. The Bertz CT molecular complexity index is 500. The van der Waals surface area contributed by atoms with E-state index in [0.29, 0.717) is 5.56 Å². The van der Waals surface area contributed by atoms with Crippen LogP contribution < -0.4 is 5.32 Å². The first kappa shape index (κ1) is 16.0. The SMILES string of the molecule is CSCc1ccc(C(=O)N[C@@H](CC(=O)O)C(=O)O)cc1. The lowest BCUT2D eigenvalue weighted by Crippen LogP contribution is -2.42. The molecule has 1 aromatic carbocycles. The summed E-state index contributed by atoms with van der Waals surface area (Å²) in [5.74, 6) is -2.44. The smallest absolute Gasteiger partial charge is 0.326 e. The maximum Gasteiger partial charge on any atom is 0.326 e. The predicted molar refractivity (Wildman–Crippen MR) is 74.8 cm³/mol. The number of hydrogen-bond acceptors (Lipinski definition) is 4. The van der Waals surface area contributed by atoms with E-state index in [1.165, 1.54) is 0 Å². The molecule has 0 aliphatic heterocycles. The van der Waals surface area contributed by atoms with Crippen molar-refractivity contribution in [3.63, 3.8) is 0 Å². The Balaban J connectivity index is 2.73. The normalized spacial score (nSPS) is 11.7. The molecule has 1 aromatic rings. The van der Waals surface area contributed by atoms with Crippen LogP contribution in [0.25, 0.3) is 0 Å². The number of carboxylic acid groups (broad SMARTS) is 2. The molecule has 0 unspecified atom stereocenters. The number of nitrogens with one attached hydrogen (secondary N) is 1. The third-order valence-corrected chi connectivity index (χ3v) is 3.13. The molecule has 0 radical (unpaired) electrons. The molecule has 1 rings (SSSR count). The van der Waals surface area contributed by atoms with E-state index in [0.717, 1.165) is 11.3 Å². The number of carboxylic acids is 2. The minimum Gasteiger partial charge on any atom is -0.481 e. The van der Waals surface area contributed by atoms with Crippen LogP contribution in [0, 0.1) is 0 Å². The number of carbonyl (C=O) groups excluding carboxylic acids is 1. The molecule has 20 heavy (non-hydrogen) atoms. The maximum absolute atomic E-state index is 11.8. The zero-order valence-corrected chi connectivity index (χ0v) is 11.6. The average molecular weight is 297 g/mol. The molecule has 0 bridgehead atoms. The Hall–Kier alpha value is -2.02. The summed E-state index contributed by atoms with van der Waals surface area (Å²) in [6, 6.07) is 5.28. The number of thioether (sulfide) groups is 1. The van der Waals surface area contributed by atoms with Crippen LogP contribution in [0.15, 0.2) is 24.3 Å². The van der Waals surface area contributed by atoms with Crippen molar-refractivity contribution in [3.05, 3.63) is 35.4 Å². The molecule has 0 saturated carbocycles. The van der Waals surface area contributed by atoms with E-state index in [1.807, 2.05) is 6.26 Å². The summed E-state index contributed by atoms with van der Waals surface area (Å²) in [5.41, 5.74) is 1.35. The van der Waals surface area contributed by atoms with Gasteiger partial charge in [-0.2, -0.15) is 11.8 Å². The van der Waals surface area contributed by atoms with Gasteiger partial charge in [-0.05, 0) is 24.0 Å². The van der Waals surface area contributed by atoms with Gasteiger partial charge in [-0.3, -0.25) is 9.59 Å². The van der Waals surface area contributed by atoms with Gasteiger partial charge in [0, 0.05) is 11.3 Å². The first-order chi connectivity index (χ1) is 9.43. The van der Waals surface area contributed by atoms with Crippen LogP contribution in [0.4, 0.5) is 0 Å². The number of rotatable bonds is 7. The number of carbonyl (C=O) groups is 3. The zero-order chi connectivity index (χ0) is 15.1. The number of amides is 1. The van der Waals surface area contributed by atoms with Gasteiger partial charge in [0.05, 0.1) is 6.42 Å². The fourth-order valence-electron chi connectivity index (χ4n) is 1.54. The highest BCUT2D eigenvalue weighted by atomic mass is 32.2. The summed E-state index contributed by atoms with van der Waals surface area (Å²) in [4.78, 5) is 33.2. The van der Waals surface area contributed by atoms with Crippen molar-refractivity contribution >= 4 is 29.6 Å². The molecule has 0 spiro atoms. The molecule has 0 saturated heterocycles. The molecule has 0 aliphatic rings. The van der Waals surface area contributed by atoms with Gasteiger partial charge in [-0.25, -0.2) is 4.79 Å². The molecule has 1 amide bonds. The summed E-state index contributed by atoms with van der Waals surface area (Å²) in [5, 5.41) is 19.6. The molecule has 0 aliphatic carbocycles. The van der Waals surface area contributed by atoms with Crippen molar-refractivity contribution in [2.24, 2.45) is 0 Å². The van der Waals surface area contributed by atoms with Crippen LogP contribution in [0.1, 0.15) is 22.3 Å². The van der Waals surface area contributed by atoms with Crippen molar-refractivity contribution in [2.75, 3.05) is 6.26 Å². The zero-order valence-electron chi connectivity index (χ0n) is 10.8. The van der Waals surface area contributed by atoms with E-state index in [-0.39, 0.29) is 0 Å². The van der Waals surface area contributed by atoms with Gasteiger partial charge in [0.2, 0.25) is 0 Å². The fourth-order valence-corrected chi connectivity index (χ4v) is 2.06. The van der Waals surface area contributed by atoms with E-state index in [4.69, 9.17) is 10.2 Å². The first-order valence-electron chi connectivity index (χ1n) is 5.77. The predicted octanol–water partition coefficient (Wildman–Crippen LogP) is 1.21. The largest absolute Gasteiger partial charge is 0.481 e. The van der Waals surface area contributed by atoms with E-state index >= 15 is 0 Å². The Morgan fingerprint density at radius 1 is 1.20 bits per heavy atom. The number of hydrogen-bond donors (Lipinski definition) is 3. The van der Waals surface area contributed by atoms with Crippen molar-refractivity contribution < 1.29 is 24.6 Å². The highest BCUT2D eigenvalue weighted by molar-refractivity contribution is 7.97. The van der Waals surface area contributed by atoms with Crippen LogP contribution >= 0.6 is 11.8 Å². The summed E-state index contributed by atoms with van der Waals surface area (Å²) in [6.45, 7) is 0. The minimum absolute atomic E-state index is 0.298. The summed E-state index contributed by atoms with van der Waals surface area (Å²) in [7, 11) is 0. The molecular formula is C13H15NO5S.